The van der Waals surface area contributed by atoms with Crippen LogP contribution in [0.25, 0.3) is 0 Å². The van der Waals surface area contributed by atoms with Gasteiger partial charge in [0.25, 0.3) is 0 Å². The van der Waals surface area contributed by atoms with Crippen molar-refractivity contribution in [3.63, 3.8) is 0 Å². The first kappa shape index (κ1) is 18.3. The Balaban J connectivity index is 3.55. The van der Waals surface area contributed by atoms with Crippen LogP contribution in [0.3, 0.4) is 0 Å². The molecule has 0 spiro atoms. The lowest BCUT2D eigenvalue weighted by Gasteiger charge is -2.06. The van der Waals surface area contributed by atoms with Crippen LogP contribution in [0, 0.1) is 11.8 Å². The second-order valence-electron chi connectivity index (χ2n) is 6.18. The molecule has 0 bridgehead atoms. The summed E-state index contributed by atoms with van der Waals surface area (Å²) in [4.78, 5) is 9.11. The molecule has 0 heterocycles. The maximum absolute atomic E-state index is 4.55. The summed E-state index contributed by atoms with van der Waals surface area (Å²) >= 11 is 0. The molecule has 0 aromatic rings. The van der Waals surface area contributed by atoms with Gasteiger partial charge in [-0.1, -0.05) is 27.7 Å². The Kier molecular flexibility index (Phi) is 10.7. The third kappa shape index (κ3) is 13.5. The van der Waals surface area contributed by atoms with Crippen molar-refractivity contribution in [1.82, 2.24) is 5.32 Å². The summed E-state index contributed by atoms with van der Waals surface area (Å²) in [5.74, 6) is 1.41. The van der Waals surface area contributed by atoms with Crippen molar-refractivity contribution in [2.45, 2.75) is 54.4 Å². The molecule has 0 unspecified atom stereocenters. The van der Waals surface area contributed by atoms with Gasteiger partial charge in [-0.25, -0.2) is 0 Å². The van der Waals surface area contributed by atoms with E-state index in [1.54, 1.807) is 0 Å². The molecule has 19 heavy (non-hydrogen) atoms. The molecule has 0 aliphatic heterocycles. The molecular weight excluding hydrogens is 234 g/mol. The van der Waals surface area contributed by atoms with E-state index in [1.807, 2.05) is 0 Å². The fourth-order valence-electron chi connectivity index (χ4n) is 2.09. The van der Waals surface area contributed by atoms with Gasteiger partial charge in [0, 0.05) is 24.5 Å². The van der Waals surface area contributed by atoms with Crippen LogP contribution >= 0.6 is 0 Å². The van der Waals surface area contributed by atoms with E-state index in [0.717, 1.165) is 39.0 Å². The SMILES string of the molecule is CC(CC(C)C)=NCCNCCN=C(C)CC(C)C. The Labute approximate surface area is 120 Å². The first-order valence-electron chi connectivity index (χ1n) is 7.62. The van der Waals surface area contributed by atoms with Crippen LogP contribution in [-0.4, -0.2) is 37.6 Å². The van der Waals surface area contributed by atoms with E-state index >= 15 is 0 Å². The minimum atomic E-state index is 0.704. The predicted octanol–water partition coefficient (Wildman–Crippen LogP) is 3.59. The van der Waals surface area contributed by atoms with Gasteiger partial charge in [-0.3, -0.25) is 9.98 Å². The molecule has 0 aromatic heterocycles. The molecule has 0 atom stereocenters. The summed E-state index contributed by atoms with van der Waals surface area (Å²) in [5.41, 5.74) is 2.53. The zero-order valence-corrected chi connectivity index (χ0v) is 13.8. The lowest BCUT2D eigenvalue weighted by Crippen LogP contribution is -2.21. The monoisotopic (exact) mass is 267 g/mol. The Morgan fingerprint density at radius 1 is 0.789 bits per heavy atom. The third-order valence-corrected chi connectivity index (χ3v) is 2.75. The van der Waals surface area contributed by atoms with Crippen molar-refractivity contribution < 1.29 is 0 Å². The van der Waals surface area contributed by atoms with Gasteiger partial charge >= 0.3 is 0 Å². The van der Waals surface area contributed by atoms with E-state index in [4.69, 9.17) is 0 Å². The second kappa shape index (κ2) is 11.2. The molecule has 0 rings (SSSR count). The number of hydrogen-bond donors (Lipinski definition) is 1. The number of rotatable bonds is 10. The number of hydrogen-bond acceptors (Lipinski definition) is 3. The highest BCUT2D eigenvalue weighted by molar-refractivity contribution is 5.82. The van der Waals surface area contributed by atoms with Gasteiger partial charge < -0.3 is 5.32 Å². The van der Waals surface area contributed by atoms with Crippen molar-refractivity contribution >= 4 is 11.4 Å². The molecular formula is C16H33N3. The Hall–Kier alpha value is -0.700. The summed E-state index contributed by atoms with van der Waals surface area (Å²) in [6.07, 6.45) is 2.22. The van der Waals surface area contributed by atoms with Crippen molar-refractivity contribution in [3.8, 4) is 0 Å². The highest BCUT2D eigenvalue weighted by Crippen LogP contribution is 2.01. The molecule has 0 saturated carbocycles. The van der Waals surface area contributed by atoms with Crippen molar-refractivity contribution in [2.24, 2.45) is 21.8 Å². The van der Waals surface area contributed by atoms with E-state index in [0.29, 0.717) is 11.8 Å². The zero-order chi connectivity index (χ0) is 14.7. The molecule has 3 heteroatoms. The molecule has 1 N–H and O–H groups in total. The smallest absolute Gasteiger partial charge is 0.0513 e. The lowest BCUT2D eigenvalue weighted by molar-refractivity contribution is 0.667. The van der Waals surface area contributed by atoms with Crippen LogP contribution in [0.5, 0.6) is 0 Å². The summed E-state index contributed by atoms with van der Waals surface area (Å²) in [6, 6.07) is 0. The van der Waals surface area contributed by atoms with Crippen LogP contribution in [0.2, 0.25) is 0 Å². The van der Waals surface area contributed by atoms with Crippen LogP contribution < -0.4 is 5.32 Å². The molecule has 0 saturated heterocycles. The maximum atomic E-state index is 4.55. The lowest BCUT2D eigenvalue weighted by atomic mass is 10.1. The molecule has 112 valence electrons. The fourth-order valence-corrected chi connectivity index (χ4v) is 2.09. The molecule has 0 aliphatic rings. The molecule has 3 nitrogen and oxygen atoms in total. The topological polar surface area (TPSA) is 36.8 Å². The second-order valence-corrected chi connectivity index (χ2v) is 6.18. The minimum Gasteiger partial charge on any atom is -0.313 e. The van der Waals surface area contributed by atoms with Crippen LogP contribution in [0.15, 0.2) is 9.98 Å². The third-order valence-electron chi connectivity index (χ3n) is 2.75. The van der Waals surface area contributed by atoms with Crippen LogP contribution in [0.4, 0.5) is 0 Å². The molecule has 0 aromatic carbocycles. The van der Waals surface area contributed by atoms with Crippen LogP contribution in [0.1, 0.15) is 54.4 Å². The predicted molar refractivity (Wildman–Crippen MR) is 87.7 cm³/mol. The van der Waals surface area contributed by atoms with E-state index in [9.17, 15) is 0 Å². The minimum absolute atomic E-state index is 0.704. The largest absolute Gasteiger partial charge is 0.313 e. The zero-order valence-electron chi connectivity index (χ0n) is 13.8. The number of nitrogens with zero attached hydrogens (tertiary/aromatic N) is 2. The summed E-state index contributed by atoms with van der Waals surface area (Å²) in [7, 11) is 0. The van der Waals surface area contributed by atoms with Gasteiger partial charge in [0.2, 0.25) is 0 Å². The van der Waals surface area contributed by atoms with Gasteiger partial charge in [0.1, 0.15) is 0 Å². The normalized spacial score (nSPS) is 13.7. The van der Waals surface area contributed by atoms with Gasteiger partial charge in [0.15, 0.2) is 0 Å². The highest BCUT2D eigenvalue weighted by Gasteiger charge is 1.97. The van der Waals surface area contributed by atoms with E-state index in [1.165, 1.54) is 11.4 Å². The Morgan fingerprint density at radius 2 is 1.16 bits per heavy atom. The summed E-state index contributed by atoms with van der Waals surface area (Å²) in [6.45, 7) is 16.8. The van der Waals surface area contributed by atoms with Crippen molar-refractivity contribution in [3.05, 3.63) is 0 Å². The first-order valence-corrected chi connectivity index (χ1v) is 7.62. The maximum Gasteiger partial charge on any atom is 0.0513 e. The van der Waals surface area contributed by atoms with Gasteiger partial charge in [-0.2, -0.15) is 0 Å². The fraction of sp³-hybridized carbons (Fsp3) is 0.875. The quantitative estimate of drug-likeness (QED) is 0.476. The van der Waals surface area contributed by atoms with Crippen molar-refractivity contribution in [1.29, 1.82) is 0 Å². The van der Waals surface area contributed by atoms with Gasteiger partial charge in [-0.15, -0.1) is 0 Å². The van der Waals surface area contributed by atoms with Gasteiger partial charge in [0.05, 0.1) is 13.1 Å². The Bertz CT molecular complexity index is 250. The summed E-state index contributed by atoms with van der Waals surface area (Å²) < 4.78 is 0. The van der Waals surface area contributed by atoms with E-state index < -0.39 is 0 Å². The Morgan fingerprint density at radius 3 is 1.47 bits per heavy atom. The molecule has 0 fully saturated rings. The van der Waals surface area contributed by atoms with E-state index in [-0.39, 0.29) is 0 Å². The summed E-state index contributed by atoms with van der Waals surface area (Å²) in [5, 5.41) is 3.39. The number of nitrogens with one attached hydrogen (secondary N) is 1. The average Bonchev–Trinajstić information content (AvgIpc) is 2.25. The van der Waals surface area contributed by atoms with Crippen LogP contribution in [-0.2, 0) is 0 Å². The van der Waals surface area contributed by atoms with Crippen molar-refractivity contribution in [2.75, 3.05) is 26.2 Å². The molecule has 0 radical (unpaired) electrons. The first-order chi connectivity index (χ1) is 8.91. The number of aliphatic imine (C=N–C) groups is 2. The molecule has 0 aliphatic carbocycles. The van der Waals surface area contributed by atoms with E-state index in [2.05, 4.69) is 56.8 Å². The molecule has 0 amide bonds. The average molecular weight is 267 g/mol. The highest BCUT2D eigenvalue weighted by atomic mass is 14.9. The van der Waals surface area contributed by atoms with Gasteiger partial charge in [-0.05, 0) is 38.5 Å². The standard InChI is InChI=1S/C16H33N3/c1-13(2)11-15(5)18-9-7-17-8-10-19-16(6)12-14(3)4/h13-14,17H,7-12H2,1-6H3.